The first-order valence-corrected chi connectivity index (χ1v) is 13.8. The number of hydrogen-bond donors (Lipinski definition) is 2. The Hall–Kier alpha value is -3.64. The van der Waals surface area contributed by atoms with Crippen molar-refractivity contribution in [2.45, 2.75) is 45.4 Å². The third kappa shape index (κ3) is 5.13. The normalized spacial score (nSPS) is 17.2. The van der Waals surface area contributed by atoms with Crippen molar-refractivity contribution in [3.05, 3.63) is 77.5 Å². The molecule has 1 spiro atoms. The predicted octanol–water partition coefficient (Wildman–Crippen LogP) is 5.48. The minimum atomic E-state index is -1.000. The number of hydrogen-bond acceptors (Lipinski definition) is 5. The molecule has 8 heteroatoms. The summed E-state index contributed by atoms with van der Waals surface area (Å²) in [6, 6.07) is 15.6. The number of nitrogens with zero attached hydrogens (tertiary/aromatic N) is 4. The van der Waals surface area contributed by atoms with Gasteiger partial charge in [-0.1, -0.05) is 18.2 Å². The van der Waals surface area contributed by atoms with Crippen molar-refractivity contribution in [3.63, 3.8) is 0 Å². The Morgan fingerprint density at radius 2 is 1.88 bits per heavy atom. The molecule has 4 aromatic rings. The van der Waals surface area contributed by atoms with E-state index in [2.05, 4.69) is 15.3 Å². The van der Waals surface area contributed by atoms with Crippen molar-refractivity contribution in [2.24, 2.45) is 5.41 Å². The van der Waals surface area contributed by atoms with Gasteiger partial charge >= 0.3 is 0 Å². The third-order valence-electron chi connectivity index (χ3n) is 8.13. The smallest absolute Gasteiger partial charge is 0.141 e. The van der Waals surface area contributed by atoms with Crippen molar-refractivity contribution in [3.8, 4) is 28.3 Å². The summed E-state index contributed by atoms with van der Waals surface area (Å²) in [7, 11) is 0. The molecule has 0 radical (unpaired) electrons. The lowest BCUT2D eigenvalue weighted by molar-refractivity contribution is -0.0229. The highest BCUT2D eigenvalue weighted by Gasteiger charge is 2.43. The van der Waals surface area contributed by atoms with E-state index in [0.29, 0.717) is 33.2 Å². The minimum absolute atomic E-state index is 0.0276. The van der Waals surface area contributed by atoms with Crippen LogP contribution < -0.4 is 5.32 Å². The van der Waals surface area contributed by atoms with Gasteiger partial charge in [0, 0.05) is 48.6 Å². The zero-order chi connectivity index (χ0) is 28.1. The second-order valence-electron chi connectivity index (χ2n) is 12.1. The quantitative estimate of drug-likeness (QED) is 0.338. The summed E-state index contributed by atoms with van der Waals surface area (Å²) in [5.41, 5.74) is 3.32. The number of likely N-dealkylation sites (tertiary alicyclic amines) is 1. The van der Waals surface area contributed by atoms with E-state index in [9.17, 15) is 14.8 Å². The van der Waals surface area contributed by atoms with E-state index in [-0.39, 0.29) is 12.1 Å². The lowest BCUT2D eigenvalue weighted by Crippen LogP contribution is -2.61. The molecule has 0 atom stereocenters. The van der Waals surface area contributed by atoms with Crippen LogP contribution in [0.1, 0.15) is 37.8 Å². The summed E-state index contributed by atoms with van der Waals surface area (Å²) in [6.45, 7) is 8.60. The maximum absolute atomic E-state index is 15.7. The molecule has 1 aromatic heterocycles. The Morgan fingerprint density at radius 1 is 1.05 bits per heavy atom. The largest absolute Gasteiger partial charge is 0.389 e. The Kier molecular flexibility index (Phi) is 6.70. The van der Waals surface area contributed by atoms with Crippen LogP contribution >= 0.6 is 0 Å². The topological polar surface area (TPSA) is 77.1 Å². The third-order valence-corrected chi connectivity index (χ3v) is 8.13. The average Bonchev–Trinajstić information content (AvgIpc) is 3.27. The Labute approximate surface area is 232 Å². The van der Waals surface area contributed by atoms with Crippen LogP contribution in [0.4, 0.5) is 8.78 Å². The molecular weight excluding hydrogens is 508 g/mol. The summed E-state index contributed by atoms with van der Waals surface area (Å²) in [6.07, 6.45) is 4.13. The van der Waals surface area contributed by atoms with Gasteiger partial charge in [0.1, 0.15) is 17.7 Å². The molecule has 6 rings (SSSR count). The van der Waals surface area contributed by atoms with Gasteiger partial charge < -0.3 is 10.4 Å². The van der Waals surface area contributed by atoms with E-state index >= 15 is 4.39 Å². The second kappa shape index (κ2) is 10.1. The molecule has 0 aliphatic carbocycles. The summed E-state index contributed by atoms with van der Waals surface area (Å²) in [5.74, 6) is -1.03. The van der Waals surface area contributed by atoms with Crippen LogP contribution in [-0.4, -0.2) is 51.6 Å². The van der Waals surface area contributed by atoms with E-state index in [4.69, 9.17) is 0 Å². The van der Waals surface area contributed by atoms with E-state index in [1.807, 2.05) is 24.3 Å². The minimum Gasteiger partial charge on any atom is -0.389 e. The predicted molar refractivity (Wildman–Crippen MR) is 151 cm³/mol. The number of fused-ring (bicyclic) bond motifs is 1. The maximum atomic E-state index is 15.7. The average molecular weight is 542 g/mol. The number of rotatable bonds is 6. The molecule has 2 aliphatic heterocycles. The van der Waals surface area contributed by atoms with E-state index in [0.717, 1.165) is 43.7 Å². The Morgan fingerprint density at radius 3 is 2.58 bits per heavy atom. The van der Waals surface area contributed by atoms with Crippen LogP contribution in [0.2, 0.25) is 0 Å². The van der Waals surface area contributed by atoms with Crippen LogP contribution in [0.3, 0.4) is 0 Å². The fraction of sp³-hybridized carbons (Fsp3) is 0.375. The van der Waals surface area contributed by atoms with Gasteiger partial charge in [-0.3, -0.25) is 9.58 Å². The first-order valence-electron chi connectivity index (χ1n) is 13.8. The van der Waals surface area contributed by atoms with Gasteiger partial charge in [-0.15, -0.1) is 0 Å². The highest BCUT2D eigenvalue weighted by molar-refractivity contribution is 5.90. The molecule has 206 valence electrons. The van der Waals surface area contributed by atoms with E-state index < -0.39 is 17.2 Å². The van der Waals surface area contributed by atoms with Crippen LogP contribution in [0.15, 0.2) is 54.7 Å². The standard InChI is InChI=1S/C32H33F2N5O/c1-31(2,40)18-39-30-13-29(34)27(11-24(30)15-37-39)25-7-4-21(16-38-19-32(20-38)8-3-9-36-17-32)10-26(25)22-5-6-23(14-35)28(33)12-22/h4-7,10-13,15,36,40H,3,8-9,16-20H2,1-2H3. The number of halogens is 2. The van der Waals surface area contributed by atoms with Crippen molar-refractivity contribution >= 4 is 10.9 Å². The molecule has 0 unspecified atom stereocenters. The number of benzene rings is 3. The van der Waals surface area contributed by atoms with Crippen molar-refractivity contribution in [1.82, 2.24) is 20.0 Å². The van der Waals surface area contributed by atoms with Crippen molar-refractivity contribution < 1.29 is 13.9 Å². The first kappa shape index (κ1) is 26.6. The molecule has 3 aromatic carbocycles. The number of piperidine rings is 1. The number of aliphatic hydroxyl groups is 1. The number of aromatic nitrogens is 2. The fourth-order valence-electron chi connectivity index (χ4n) is 6.31. The first-order chi connectivity index (χ1) is 19.1. The van der Waals surface area contributed by atoms with Crippen molar-refractivity contribution in [1.29, 1.82) is 5.26 Å². The van der Waals surface area contributed by atoms with Crippen molar-refractivity contribution in [2.75, 3.05) is 26.2 Å². The molecule has 2 fully saturated rings. The molecule has 2 aliphatic rings. The van der Waals surface area contributed by atoms with Gasteiger partial charge in [-0.2, -0.15) is 10.4 Å². The molecule has 2 N–H and O–H groups in total. The summed E-state index contributed by atoms with van der Waals surface area (Å²) in [4.78, 5) is 2.43. The summed E-state index contributed by atoms with van der Waals surface area (Å²) in [5, 5.41) is 28.1. The molecule has 0 amide bonds. The Bertz CT molecular complexity index is 1620. The molecule has 0 saturated carbocycles. The van der Waals surface area contributed by atoms with E-state index in [1.165, 1.54) is 31.0 Å². The monoisotopic (exact) mass is 541 g/mol. The van der Waals surface area contributed by atoms with Gasteiger partial charge in [0.25, 0.3) is 0 Å². The molecule has 3 heterocycles. The number of nitrogens with one attached hydrogen (secondary N) is 1. The summed E-state index contributed by atoms with van der Waals surface area (Å²) < 4.78 is 32.1. The SMILES string of the molecule is CC(C)(O)Cn1ncc2cc(-c3ccc(CN4CC5(CCCNC5)C4)cc3-c3ccc(C#N)c(F)c3)c(F)cc21. The van der Waals surface area contributed by atoms with Gasteiger partial charge in [-0.25, -0.2) is 8.78 Å². The van der Waals surface area contributed by atoms with Gasteiger partial charge in [0.15, 0.2) is 0 Å². The highest BCUT2D eigenvalue weighted by atomic mass is 19.1. The molecular formula is C32H33F2N5O. The maximum Gasteiger partial charge on any atom is 0.141 e. The Balaban J connectivity index is 1.38. The highest BCUT2D eigenvalue weighted by Crippen LogP contribution is 2.40. The van der Waals surface area contributed by atoms with Crippen LogP contribution in [-0.2, 0) is 13.1 Å². The van der Waals surface area contributed by atoms with Gasteiger partial charge in [0.05, 0.1) is 29.4 Å². The molecule has 40 heavy (non-hydrogen) atoms. The van der Waals surface area contributed by atoms with Crippen LogP contribution in [0.25, 0.3) is 33.2 Å². The fourth-order valence-corrected chi connectivity index (χ4v) is 6.31. The van der Waals surface area contributed by atoms with Gasteiger partial charge in [-0.05, 0) is 79.8 Å². The zero-order valence-corrected chi connectivity index (χ0v) is 22.8. The van der Waals surface area contributed by atoms with Crippen LogP contribution in [0, 0.1) is 28.4 Å². The zero-order valence-electron chi connectivity index (χ0n) is 22.8. The molecule has 6 nitrogen and oxygen atoms in total. The van der Waals surface area contributed by atoms with Gasteiger partial charge in [0.2, 0.25) is 0 Å². The lowest BCUT2D eigenvalue weighted by atomic mass is 9.74. The molecule has 2 saturated heterocycles. The summed E-state index contributed by atoms with van der Waals surface area (Å²) >= 11 is 0. The second-order valence-corrected chi connectivity index (χ2v) is 12.1. The lowest BCUT2D eigenvalue weighted by Gasteiger charge is -2.52. The van der Waals surface area contributed by atoms with Crippen LogP contribution in [0.5, 0.6) is 0 Å². The van der Waals surface area contributed by atoms with E-state index in [1.54, 1.807) is 36.9 Å². The molecule has 0 bridgehead atoms. The number of nitriles is 1.